The second kappa shape index (κ2) is 3.91. The molecule has 0 aliphatic carbocycles. The summed E-state index contributed by atoms with van der Waals surface area (Å²) in [4.78, 5) is 2.08. The summed E-state index contributed by atoms with van der Waals surface area (Å²) in [6.45, 7) is 5.90. The van der Waals surface area contributed by atoms with Gasteiger partial charge in [-0.3, -0.25) is 4.90 Å². The number of hydrogen-bond acceptors (Lipinski definition) is 3. The summed E-state index contributed by atoms with van der Waals surface area (Å²) < 4.78 is 0. The molecule has 0 amide bonds. The Hall–Kier alpha value is -0.120. The Bertz CT molecular complexity index is 87.6. The lowest BCUT2D eigenvalue weighted by Crippen LogP contribution is -2.35. The third-order valence-electron chi connectivity index (χ3n) is 1.90. The molecule has 1 heterocycles. The summed E-state index contributed by atoms with van der Waals surface area (Å²) in [6.07, 6.45) is 0.866. The van der Waals surface area contributed by atoms with Crippen molar-refractivity contribution in [2.75, 3.05) is 26.2 Å². The Labute approximate surface area is 62.0 Å². The highest BCUT2D eigenvalue weighted by atomic mass is 16.3. The molecule has 1 atom stereocenters. The predicted molar refractivity (Wildman–Crippen MR) is 40.7 cm³/mol. The molecule has 10 heavy (non-hydrogen) atoms. The van der Waals surface area contributed by atoms with E-state index in [4.69, 9.17) is 0 Å². The van der Waals surface area contributed by atoms with Crippen molar-refractivity contribution in [2.45, 2.75) is 19.6 Å². The van der Waals surface area contributed by atoms with Gasteiger partial charge in [-0.25, -0.2) is 0 Å². The van der Waals surface area contributed by atoms with Gasteiger partial charge in [0.25, 0.3) is 0 Å². The van der Waals surface area contributed by atoms with E-state index in [1.807, 2.05) is 6.92 Å². The first kappa shape index (κ1) is 7.98. The Morgan fingerprint density at radius 1 is 1.40 bits per heavy atom. The topological polar surface area (TPSA) is 35.5 Å². The first-order valence-electron chi connectivity index (χ1n) is 3.93. The van der Waals surface area contributed by atoms with Crippen molar-refractivity contribution in [1.82, 2.24) is 10.2 Å². The average molecular weight is 144 g/mol. The second-order valence-electron chi connectivity index (χ2n) is 2.77. The van der Waals surface area contributed by atoms with Gasteiger partial charge in [-0.05, 0) is 19.9 Å². The number of aliphatic hydroxyl groups excluding tert-OH is 1. The fraction of sp³-hybridized carbons (Fsp3) is 1.00. The molecule has 1 aliphatic rings. The molecule has 1 aliphatic heterocycles. The van der Waals surface area contributed by atoms with Gasteiger partial charge >= 0.3 is 0 Å². The van der Waals surface area contributed by atoms with E-state index in [1.54, 1.807) is 0 Å². The van der Waals surface area contributed by atoms with Crippen molar-refractivity contribution in [1.29, 1.82) is 0 Å². The van der Waals surface area contributed by atoms with Gasteiger partial charge in [-0.15, -0.1) is 0 Å². The molecule has 0 aromatic rings. The highest BCUT2D eigenvalue weighted by Gasteiger charge is 2.11. The second-order valence-corrected chi connectivity index (χ2v) is 2.77. The lowest BCUT2D eigenvalue weighted by atomic mass is 10.4. The molecule has 2 N–H and O–H groups in total. The predicted octanol–water partition coefficient (Wildman–Crippen LogP) is -0.380. The minimum atomic E-state index is -0.278. The van der Waals surface area contributed by atoms with Crippen molar-refractivity contribution in [3.05, 3.63) is 0 Å². The standard InChI is InChI=1S/C7H16N2O/c1-7(10)9-5-2-3-8-4-6-9/h7-8,10H,2-6H2,1H3. The Balaban J connectivity index is 2.28. The molecule has 0 aromatic heterocycles. The zero-order valence-electron chi connectivity index (χ0n) is 6.51. The van der Waals surface area contributed by atoms with Crippen LogP contribution in [-0.2, 0) is 0 Å². The first-order valence-corrected chi connectivity index (χ1v) is 3.93. The van der Waals surface area contributed by atoms with Crippen molar-refractivity contribution < 1.29 is 5.11 Å². The van der Waals surface area contributed by atoms with Crippen molar-refractivity contribution in [3.63, 3.8) is 0 Å². The van der Waals surface area contributed by atoms with E-state index < -0.39 is 0 Å². The van der Waals surface area contributed by atoms with Gasteiger partial charge < -0.3 is 10.4 Å². The van der Waals surface area contributed by atoms with E-state index in [0.29, 0.717) is 0 Å². The van der Waals surface area contributed by atoms with Gasteiger partial charge in [0, 0.05) is 19.6 Å². The third kappa shape index (κ3) is 2.25. The molecular weight excluding hydrogens is 128 g/mol. The lowest BCUT2D eigenvalue weighted by Gasteiger charge is -2.22. The molecule has 1 fully saturated rings. The van der Waals surface area contributed by atoms with Crippen LogP contribution in [-0.4, -0.2) is 42.4 Å². The summed E-state index contributed by atoms with van der Waals surface area (Å²) in [7, 11) is 0. The molecule has 1 saturated heterocycles. The molecular formula is C7H16N2O. The monoisotopic (exact) mass is 144 g/mol. The van der Waals surface area contributed by atoms with Gasteiger partial charge in [0.05, 0.1) is 0 Å². The molecule has 0 aromatic carbocycles. The number of hydrogen-bond donors (Lipinski definition) is 2. The maximum atomic E-state index is 9.20. The highest BCUT2D eigenvalue weighted by molar-refractivity contribution is 4.65. The van der Waals surface area contributed by atoms with E-state index in [2.05, 4.69) is 10.2 Å². The van der Waals surface area contributed by atoms with Gasteiger partial charge in [0.1, 0.15) is 6.23 Å². The van der Waals surface area contributed by atoms with Crippen molar-refractivity contribution >= 4 is 0 Å². The molecule has 3 nitrogen and oxygen atoms in total. The number of nitrogens with zero attached hydrogens (tertiary/aromatic N) is 1. The summed E-state index contributed by atoms with van der Waals surface area (Å²) in [5.41, 5.74) is 0. The SMILES string of the molecule is CC(O)N1CCCNCC1. The number of rotatable bonds is 1. The van der Waals surface area contributed by atoms with Crippen LogP contribution in [0.5, 0.6) is 0 Å². The van der Waals surface area contributed by atoms with E-state index in [9.17, 15) is 5.11 Å². The van der Waals surface area contributed by atoms with Gasteiger partial charge in [0.2, 0.25) is 0 Å². The largest absolute Gasteiger partial charge is 0.379 e. The Morgan fingerprint density at radius 2 is 2.20 bits per heavy atom. The van der Waals surface area contributed by atoms with E-state index in [0.717, 1.165) is 32.6 Å². The van der Waals surface area contributed by atoms with Gasteiger partial charge in [0.15, 0.2) is 0 Å². The molecule has 0 bridgehead atoms. The van der Waals surface area contributed by atoms with Crippen LogP contribution in [0.4, 0.5) is 0 Å². The fourth-order valence-corrected chi connectivity index (χ4v) is 1.24. The normalized spacial score (nSPS) is 25.8. The zero-order valence-corrected chi connectivity index (χ0v) is 6.51. The minimum Gasteiger partial charge on any atom is -0.379 e. The smallest absolute Gasteiger partial charge is 0.104 e. The van der Waals surface area contributed by atoms with Crippen LogP contribution in [0.25, 0.3) is 0 Å². The molecule has 0 radical (unpaired) electrons. The molecule has 3 heteroatoms. The van der Waals surface area contributed by atoms with Crippen LogP contribution in [0.15, 0.2) is 0 Å². The summed E-state index contributed by atoms with van der Waals surface area (Å²) in [6, 6.07) is 0. The molecule has 1 unspecified atom stereocenters. The van der Waals surface area contributed by atoms with E-state index in [-0.39, 0.29) is 6.23 Å². The van der Waals surface area contributed by atoms with Crippen LogP contribution < -0.4 is 5.32 Å². The van der Waals surface area contributed by atoms with Crippen LogP contribution in [0.1, 0.15) is 13.3 Å². The molecule has 1 rings (SSSR count). The Morgan fingerprint density at radius 3 is 2.90 bits per heavy atom. The molecule has 60 valence electrons. The average Bonchev–Trinajstić information content (AvgIpc) is 2.12. The molecule has 0 saturated carbocycles. The zero-order chi connectivity index (χ0) is 7.40. The Kier molecular flexibility index (Phi) is 3.12. The van der Waals surface area contributed by atoms with Gasteiger partial charge in [-0.1, -0.05) is 0 Å². The number of aliphatic hydroxyl groups is 1. The lowest BCUT2D eigenvalue weighted by molar-refractivity contribution is 0.0236. The minimum absolute atomic E-state index is 0.278. The summed E-state index contributed by atoms with van der Waals surface area (Å²) in [5.74, 6) is 0. The van der Waals surface area contributed by atoms with E-state index in [1.165, 1.54) is 0 Å². The van der Waals surface area contributed by atoms with Crippen LogP contribution >= 0.6 is 0 Å². The van der Waals surface area contributed by atoms with Crippen LogP contribution in [0.2, 0.25) is 0 Å². The first-order chi connectivity index (χ1) is 4.80. The van der Waals surface area contributed by atoms with Crippen molar-refractivity contribution in [2.24, 2.45) is 0 Å². The molecule has 0 spiro atoms. The van der Waals surface area contributed by atoms with Gasteiger partial charge in [-0.2, -0.15) is 0 Å². The van der Waals surface area contributed by atoms with Crippen LogP contribution in [0.3, 0.4) is 0 Å². The number of nitrogens with one attached hydrogen (secondary N) is 1. The summed E-state index contributed by atoms with van der Waals surface area (Å²) in [5, 5.41) is 12.5. The highest BCUT2D eigenvalue weighted by Crippen LogP contribution is 1.98. The van der Waals surface area contributed by atoms with E-state index >= 15 is 0 Å². The quantitative estimate of drug-likeness (QED) is 0.526. The van der Waals surface area contributed by atoms with Crippen LogP contribution in [0, 0.1) is 0 Å². The fourth-order valence-electron chi connectivity index (χ4n) is 1.24. The summed E-state index contributed by atoms with van der Waals surface area (Å²) >= 11 is 0. The van der Waals surface area contributed by atoms with Crippen molar-refractivity contribution in [3.8, 4) is 0 Å². The maximum Gasteiger partial charge on any atom is 0.104 e. The third-order valence-corrected chi connectivity index (χ3v) is 1.90. The maximum absolute atomic E-state index is 9.20.